The first kappa shape index (κ1) is 18.3. The number of aromatic amines is 1. The van der Waals surface area contributed by atoms with Crippen LogP contribution in [0.1, 0.15) is 35.4 Å². The average molecular weight is 392 g/mol. The molecule has 2 aliphatic rings. The molecule has 2 aliphatic heterocycles. The van der Waals surface area contributed by atoms with E-state index in [1.165, 1.54) is 6.07 Å². The smallest absolute Gasteiger partial charge is 0.273 e. The zero-order valence-electron chi connectivity index (χ0n) is 16.5. The third-order valence-electron chi connectivity index (χ3n) is 6.36. The fraction of sp³-hybridized carbons (Fsp3) is 0.391. The van der Waals surface area contributed by atoms with Crippen molar-refractivity contribution < 1.29 is 9.18 Å². The van der Waals surface area contributed by atoms with Crippen molar-refractivity contribution in [3.8, 4) is 0 Å². The fourth-order valence-electron chi connectivity index (χ4n) is 5.16. The summed E-state index contributed by atoms with van der Waals surface area (Å²) in [5.41, 5.74) is 2.03. The summed E-state index contributed by atoms with van der Waals surface area (Å²) < 4.78 is 14.0. The molecule has 2 aromatic heterocycles. The maximum absolute atomic E-state index is 14.0. The van der Waals surface area contributed by atoms with Gasteiger partial charge in [-0.2, -0.15) is 0 Å². The molecule has 0 bridgehead atoms. The second-order valence-corrected chi connectivity index (χ2v) is 8.25. The zero-order valence-corrected chi connectivity index (χ0v) is 16.5. The van der Waals surface area contributed by atoms with Crippen LogP contribution in [-0.2, 0) is 0 Å². The second kappa shape index (κ2) is 7.26. The predicted molar refractivity (Wildman–Crippen MR) is 110 cm³/mol. The molecule has 0 aliphatic carbocycles. The van der Waals surface area contributed by atoms with Gasteiger partial charge in [0.2, 0.25) is 0 Å². The lowest BCUT2D eigenvalue weighted by molar-refractivity contribution is 0.0695. The minimum absolute atomic E-state index is 0.0767. The Morgan fingerprint density at radius 3 is 2.93 bits per heavy atom. The summed E-state index contributed by atoms with van der Waals surface area (Å²) in [7, 11) is 0. The number of nitrogens with one attached hydrogen (secondary N) is 1. The normalized spacial score (nSPS) is 24.3. The molecule has 0 unspecified atom stereocenters. The lowest BCUT2D eigenvalue weighted by Gasteiger charge is -2.29. The van der Waals surface area contributed by atoms with E-state index in [0.717, 1.165) is 37.0 Å². The molecule has 5 nitrogen and oxygen atoms in total. The SMILES string of the molecule is CCCN1C[C@H]2CN(C(=O)c3ccc4cc[nH]c4n3)[C@H](c3cccc(F)c3)[C@H]2C1. The largest absolute Gasteiger partial charge is 0.346 e. The van der Waals surface area contributed by atoms with Gasteiger partial charge >= 0.3 is 0 Å². The van der Waals surface area contributed by atoms with Gasteiger partial charge in [-0.1, -0.05) is 19.1 Å². The van der Waals surface area contributed by atoms with Crippen LogP contribution in [0.15, 0.2) is 48.7 Å². The van der Waals surface area contributed by atoms with Crippen molar-refractivity contribution >= 4 is 16.9 Å². The van der Waals surface area contributed by atoms with Crippen molar-refractivity contribution in [2.45, 2.75) is 19.4 Å². The first-order chi connectivity index (χ1) is 14.1. The predicted octanol–water partition coefficient (Wildman–Crippen LogP) is 3.86. The van der Waals surface area contributed by atoms with E-state index in [1.54, 1.807) is 18.2 Å². The molecule has 3 atom stereocenters. The summed E-state index contributed by atoms with van der Waals surface area (Å²) in [6, 6.07) is 12.3. The highest BCUT2D eigenvalue weighted by atomic mass is 19.1. The third-order valence-corrected chi connectivity index (χ3v) is 6.36. The molecule has 4 heterocycles. The van der Waals surface area contributed by atoms with Crippen LogP contribution in [-0.4, -0.2) is 51.9 Å². The molecule has 2 saturated heterocycles. The summed E-state index contributed by atoms with van der Waals surface area (Å²) in [6.45, 7) is 5.90. The summed E-state index contributed by atoms with van der Waals surface area (Å²) in [5, 5.41) is 0.983. The van der Waals surface area contributed by atoms with E-state index in [2.05, 4.69) is 21.8 Å². The highest BCUT2D eigenvalue weighted by Crippen LogP contribution is 2.45. The van der Waals surface area contributed by atoms with Gasteiger partial charge in [0, 0.05) is 37.1 Å². The van der Waals surface area contributed by atoms with Gasteiger partial charge in [0.05, 0.1) is 6.04 Å². The zero-order chi connectivity index (χ0) is 20.0. The number of hydrogen-bond acceptors (Lipinski definition) is 3. The number of hydrogen-bond donors (Lipinski definition) is 1. The van der Waals surface area contributed by atoms with E-state index in [1.807, 2.05) is 29.3 Å². The number of amides is 1. The van der Waals surface area contributed by atoms with Gasteiger partial charge in [0.1, 0.15) is 17.2 Å². The Labute approximate surface area is 169 Å². The number of pyridine rings is 1. The summed E-state index contributed by atoms with van der Waals surface area (Å²) >= 11 is 0. The summed E-state index contributed by atoms with van der Waals surface area (Å²) in [4.78, 5) is 25.5. The van der Waals surface area contributed by atoms with Gasteiger partial charge in [-0.15, -0.1) is 0 Å². The van der Waals surface area contributed by atoms with Gasteiger partial charge in [-0.3, -0.25) is 4.79 Å². The minimum atomic E-state index is -0.257. The Bertz CT molecular complexity index is 1050. The number of H-pyrrole nitrogens is 1. The van der Waals surface area contributed by atoms with Crippen molar-refractivity contribution in [2.24, 2.45) is 11.8 Å². The molecule has 3 aromatic rings. The van der Waals surface area contributed by atoms with Crippen LogP contribution in [0.4, 0.5) is 4.39 Å². The van der Waals surface area contributed by atoms with Crippen LogP contribution in [0, 0.1) is 17.7 Å². The monoisotopic (exact) mass is 392 g/mol. The van der Waals surface area contributed by atoms with Crippen LogP contribution in [0.5, 0.6) is 0 Å². The first-order valence-corrected chi connectivity index (χ1v) is 10.4. The van der Waals surface area contributed by atoms with Gasteiger partial charge < -0.3 is 14.8 Å². The van der Waals surface area contributed by atoms with E-state index >= 15 is 0 Å². The van der Waals surface area contributed by atoms with E-state index in [9.17, 15) is 9.18 Å². The number of halogens is 1. The minimum Gasteiger partial charge on any atom is -0.346 e. The van der Waals surface area contributed by atoms with Crippen LogP contribution >= 0.6 is 0 Å². The van der Waals surface area contributed by atoms with Crippen LogP contribution in [0.25, 0.3) is 11.0 Å². The van der Waals surface area contributed by atoms with E-state index in [0.29, 0.717) is 29.7 Å². The highest BCUT2D eigenvalue weighted by molar-refractivity contribution is 5.95. The maximum Gasteiger partial charge on any atom is 0.273 e. The molecular formula is C23H25FN4O. The Hall–Kier alpha value is -2.73. The number of benzene rings is 1. The van der Waals surface area contributed by atoms with E-state index < -0.39 is 0 Å². The quantitative estimate of drug-likeness (QED) is 0.734. The molecule has 0 spiro atoms. The second-order valence-electron chi connectivity index (χ2n) is 8.25. The van der Waals surface area contributed by atoms with Crippen molar-refractivity contribution in [3.63, 3.8) is 0 Å². The van der Waals surface area contributed by atoms with Crippen molar-refractivity contribution in [2.75, 3.05) is 26.2 Å². The fourth-order valence-corrected chi connectivity index (χ4v) is 5.16. The van der Waals surface area contributed by atoms with E-state index in [4.69, 9.17) is 0 Å². The molecule has 29 heavy (non-hydrogen) atoms. The van der Waals surface area contributed by atoms with Crippen molar-refractivity contribution in [1.29, 1.82) is 0 Å². The molecular weight excluding hydrogens is 367 g/mol. The average Bonchev–Trinajstić information content (AvgIpc) is 3.40. The summed E-state index contributed by atoms with van der Waals surface area (Å²) in [6.07, 6.45) is 2.94. The molecule has 0 saturated carbocycles. The number of fused-ring (bicyclic) bond motifs is 2. The summed E-state index contributed by atoms with van der Waals surface area (Å²) in [5.74, 6) is 0.398. The van der Waals surface area contributed by atoms with Crippen LogP contribution < -0.4 is 0 Å². The van der Waals surface area contributed by atoms with Gasteiger partial charge in [-0.25, -0.2) is 9.37 Å². The topological polar surface area (TPSA) is 52.2 Å². The van der Waals surface area contributed by atoms with E-state index in [-0.39, 0.29) is 17.8 Å². The molecule has 150 valence electrons. The lowest BCUT2D eigenvalue weighted by atomic mass is 9.89. The Morgan fingerprint density at radius 2 is 2.10 bits per heavy atom. The number of likely N-dealkylation sites (tertiary alicyclic amines) is 2. The number of nitrogens with zero attached hydrogens (tertiary/aromatic N) is 3. The Morgan fingerprint density at radius 1 is 1.21 bits per heavy atom. The number of aromatic nitrogens is 2. The van der Waals surface area contributed by atoms with Gasteiger partial charge in [0.25, 0.3) is 5.91 Å². The first-order valence-electron chi connectivity index (χ1n) is 10.4. The Kier molecular flexibility index (Phi) is 4.59. The van der Waals surface area contributed by atoms with Gasteiger partial charge in [0.15, 0.2) is 0 Å². The molecule has 5 rings (SSSR count). The third kappa shape index (κ3) is 3.21. The molecule has 2 fully saturated rings. The Balaban J connectivity index is 1.50. The molecule has 6 heteroatoms. The molecule has 1 aromatic carbocycles. The number of rotatable bonds is 4. The molecule has 0 radical (unpaired) electrons. The lowest BCUT2D eigenvalue weighted by Crippen LogP contribution is -2.36. The van der Waals surface area contributed by atoms with Crippen LogP contribution in [0.3, 0.4) is 0 Å². The number of carbonyl (C=O) groups is 1. The number of carbonyl (C=O) groups excluding carboxylic acids is 1. The maximum atomic E-state index is 14.0. The van der Waals surface area contributed by atoms with Crippen molar-refractivity contribution in [3.05, 3.63) is 65.7 Å². The van der Waals surface area contributed by atoms with Gasteiger partial charge in [-0.05, 0) is 54.8 Å². The standard InChI is InChI=1S/C23H25FN4O/c1-2-10-27-12-17-13-28(21(19(17)14-27)16-4-3-5-18(24)11-16)23(29)20-7-6-15-8-9-25-22(15)26-20/h3-9,11,17,19,21H,2,10,12-14H2,1H3,(H,25,26)/t17-,19-,21+/m0/s1. The van der Waals surface area contributed by atoms with Crippen LogP contribution in [0.2, 0.25) is 0 Å². The molecule has 1 N–H and O–H groups in total. The van der Waals surface area contributed by atoms with Crippen molar-refractivity contribution in [1.82, 2.24) is 19.8 Å². The molecule has 1 amide bonds. The highest BCUT2D eigenvalue weighted by Gasteiger charge is 2.49.